The molecule has 0 aromatic heterocycles. The molecule has 0 saturated heterocycles. The second kappa shape index (κ2) is 7.07. The first-order valence-electron chi connectivity index (χ1n) is 7.67. The molecule has 0 aliphatic rings. The van der Waals surface area contributed by atoms with E-state index in [1.165, 1.54) is 12.1 Å². The fourth-order valence-electron chi connectivity index (χ4n) is 2.55. The monoisotopic (exact) mass is 398 g/mol. The summed E-state index contributed by atoms with van der Waals surface area (Å²) < 4.78 is 15.3. The summed E-state index contributed by atoms with van der Waals surface area (Å²) in [7, 11) is 0. The van der Waals surface area contributed by atoms with Gasteiger partial charge in [-0.15, -0.1) is 0 Å². The molecule has 3 nitrogen and oxygen atoms in total. The minimum absolute atomic E-state index is 0.0450. The normalized spacial score (nSPS) is 10.5. The molecule has 3 rings (SSSR count). The molecule has 0 heterocycles. The first-order valence-corrected chi connectivity index (χ1v) is 8.47. The van der Waals surface area contributed by atoms with E-state index in [1.54, 1.807) is 30.3 Å². The summed E-state index contributed by atoms with van der Waals surface area (Å²) in [6.07, 6.45) is 0. The maximum atomic E-state index is 14.5. The predicted octanol–water partition coefficient (Wildman–Crippen LogP) is 5.45. The lowest BCUT2D eigenvalue weighted by atomic mass is 9.98. The van der Waals surface area contributed by atoms with E-state index in [1.807, 2.05) is 25.1 Å². The lowest BCUT2D eigenvalue weighted by Crippen LogP contribution is -2.06. The largest absolute Gasteiger partial charge is 0.397 e. The fraction of sp³-hybridized carbons (Fsp3) is 0.0500. The van der Waals surface area contributed by atoms with E-state index in [0.717, 1.165) is 10.0 Å². The van der Waals surface area contributed by atoms with Crippen LogP contribution in [0.5, 0.6) is 0 Å². The van der Waals surface area contributed by atoms with Crippen LogP contribution in [0.2, 0.25) is 0 Å². The van der Waals surface area contributed by atoms with Gasteiger partial charge in [-0.1, -0.05) is 40.2 Å². The van der Waals surface area contributed by atoms with E-state index in [9.17, 15) is 9.18 Å². The Morgan fingerprint density at radius 1 is 1.04 bits per heavy atom. The van der Waals surface area contributed by atoms with Crippen LogP contribution >= 0.6 is 15.9 Å². The molecule has 3 aromatic carbocycles. The van der Waals surface area contributed by atoms with Crippen LogP contribution in [0.15, 0.2) is 65.1 Å². The summed E-state index contributed by atoms with van der Waals surface area (Å²) in [5.74, 6) is -0.903. The highest BCUT2D eigenvalue weighted by Gasteiger charge is 2.16. The molecule has 5 heteroatoms. The predicted molar refractivity (Wildman–Crippen MR) is 103 cm³/mol. The van der Waals surface area contributed by atoms with Crippen molar-refractivity contribution in [3.8, 4) is 0 Å². The van der Waals surface area contributed by atoms with Crippen molar-refractivity contribution in [3.63, 3.8) is 0 Å². The first-order chi connectivity index (χ1) is 12.0. The molecule has 0 aliphatic heterocycles. The molecular formula is C20H16BrFN2O. The molecule has 0 fully saturated rings. The smallest absolute Gasteiger partial charge is 0.196 e. The number of halogens is 2. The number of hydrogen-bond acceptors (Lipinski definition) is 3. The van der Waals surface area contributed by atoms with Crippen LogP contribution in [0.3, 0.4) is 0 Å². The number of nitrogens with two attached hydrogens (primary N) is 1. The van der Waals surface area contributed by atoms with Gasteiger partial charge in [0.2, 0.25) is 0 Å². The van der Waals surface area contributed by atoms with Crippen molar-refractivity contribution in [3.05, 3.63) is 87.6 Å². The van der Waals surface area contributed by atoms with Crippen LogP contribution in [0.25, 0.3) is 0 Å². The number of hydrogen-bond donors (Lipinski definition) is 2. The number of nitrogens with one attached hydrogen (secondary N) is 1. The third kappa shape index (κ3) is 3.72. The van der Waals surface area contributed by atoms with E-state index in [0.29, 0.717) is 22.6 Å². The number of nitrogen functional groups attached to an aromatic ring is 1. The van der Waals surface area contributed by atoms with Gasteiger partial charge in [-0.3, -0.25) is 4.79 Å². The molecule has 3 aromatic rings. The maximum Gasteiger partial charge on any atom is 0.196 e. The van der Waals surface area contributed by atoms with Gasteiger partial charge < -0.3 is 11.1 Å². The highest BCUT2D eigenvalue weighted by molar-refractivity contribution is 9.10. The minimum Gasteiger partial charge on any atom is -0.397 e. The second-order valence-corrected chi connectivity index (χ2v) is 6.61. The molecule has 0 spiro atoms. The second-order valence-electron chi connectivity index (χ2n) is 5.70. The third-order valence-electron chi connectivity index (χ3n) is 3.90. The standard InChI is InChI=1S/C20H16BrFN2O/c1-12-4-2-3-5-15(12)20(25)16-8-7-14(11-17(16)22)24-19-9-6-13(21)10-18(19)23/h2-11,24H,23H2,1H3. The number of anilines is 3. The van der Waals surface area contributed by atoms with E-state index in [2.05, 4.69) is 21.2 Å². The van der Waals surface area contributed by atoms with Crippen molar-refractivity contribution < 1.29 is 9.18 Å². The molecule has 25 heavy (non-hydrogen) atoms. The van der Waals surface area contributed by atoms with Crippen molar-refractivity contribution in [1.29, 1.82) is 0 Å². The van der Waals surface area contributed by atoms with E-state index in [-0.39, 0.29) is 11.3 Å². The molecule has 0 saturated carbocycles. The van der Waals surface area contributed by atoms with Crippen molar-refractivity contribution in [2.45, 2.75) is 6.92 Å². The summed E-state index contributed by atoms with van der Waals surface area (Å²) in [6.45, 7) is 1.83. The quantitative estimate of drug-likeness (QED) is 0.453. The number of aryl methyl sites for hydroxylation is 1. The zero-order valence-corrected chi connectivity index (χ0v) is 15.1. The Morgan fingerprint density at radius 3 is 2.48 bits per heavy atom. The van der Waals surface area contributed by atoms with E-state index >= 15 is 0 Å². The van der Waals surface area contributed by atoms with Crippen LogP contribution in [-0.2, 0) is 0 Å². The van der Waals surface area contributed by atoms with Gasteiger partial charge in [-0.25, -0.2) is 4.39 Å². The maximum absolute atomic E-state index is 14.5. The van der Waals surface area contributed by atoms with Crippen LogP contribution in [-0.4, -0.2) is 5.78 Å². The Morgan fingerprint density at radius 2 is 1.80 bits per heavy atom. The molecular weight excluding hydrogens is 383 g/mol. The van der Waals surface area contributed by atoms with Gasteiger partial charge in [0.1, 0.15) is 5.82 Å². The molecule has 0 atom stereocenters. The SMILES string of the molecule is Cc1ccccc1C(=O)c1ccc(Nc2ccc(Br)cc2N)cc1F. The molecule has 3 N–H and O–H groups in total. The Kier molecular flexibility index (Phi) is 4.86. The number of carbonyl (C=O) groups excluding carboxylic acids is 1. The highest BCUT2D eigenvalue weighted by atomic mass is 79.9. The summed E-state index contributed by atoms with van der Waals surface area (Å²) >= 11 is 3.34. The molecule has 0 bridgehead atoms. The van der Waals surface area contributed by atoms with E-state index in [4.69, 9.17) is 5.73 Å². The number of rotatable bonds is 4. The van der Waals surface area contributed by atoms with Crippen LogP contribution in [0, 0.1) is 12.7 Å². The topological polar surface area (TPSA) is 55.1 Å². The molecule has 126 valence electrons. The summed E-state index contributed by atoms with van der Waals surface area (Å²) in [5, 5.41) is 3.06. The van der Waals surface area contributed by atoms with Gasteiger partial charge in [0.15, 0.2) is 5.78 Å². The first kappa shape index (κ1) is 17.2. The van der Waals surface area contributed by atoms with Gasteiger partial charge >= 0.3 is 0 Å². The number of benzene rings is 3. The fourth-order valence-corrected chi connectivity index (χ4v) is 2.93. The Balaban J connectivity index is 1.88. The van der Waals surface area contributed by atoms with Gasteiger partial charge in [-0.05, 0) is 48.9 Å². The number of carbonyl (C=O) groups is 1. The Hall–Kier alpha value is -2.66. The summed E-state index contributed by atoms with van der Waals surface area (Å²) in [6, 6.07) is 17.0. The Bertz CT molecular complexity index is 956. The summed E-state index contributed by atoms with van der Waals surface area (Å²) in [4.78, 5) is 12.6. The van der Waals surface area contributed by atoms with E-state index < -0.39 is 5.82 Å². The average Bonchev–Trinajstić information content (AvgIpc) is 2.57. The third-order valence-corrected chi connectivity index (χ3v) is 4.39. The lowest BCUT2D eigenvalue weighted by Gasteiger charge is -2.11. The van der Waals surface area contributed by atoms with Crippen molar-refractivity contribution in [2.75, 3.05) is 11.1 Å². The summed E-state index contributed by atoms with van der Waals surface area (Å²) in [5.41, 5.74) is 9.02. The van der Waals surface area contributed by atoms with Gasteiger partial charge in [-0.2, -0.15) is 0 Å². The van der Waals surface area contributed by atoms with Crippen LogP contribution in [0.1, 0.15) is 21.5 Å². The van der Waals surface area contributed by atoms with Crippen molar-refractivity contribution >= 4 is 38.8 Å². The van der Waals surface area contributed by atoms with Crippen LogP contribution < -0.4 is 11.1 Å². The average molecular weight is 399 g/mol. The van der Waals surface area contributed by atoms with Crippen molar-refractivity contribution in [2.24, 2.45) is 0 Å². The van der Waals surface area contributed by atoms with Gasteiger partial charge in [0.05, 0.1) is 16.9 Å². The molecule has 0 aliphatic carbocycles. The van der Waals surface area contributed by atoms with Crippen molar-refractivity contribution in [1.82, 2.24) is 0 Å². The zero-order chi connectivity index (χ0) is 18.0. The molecule has 0 unspecified atom stereocenters. The number of ketones is 1. The Labute approximate surface area is 153 Å². The highest BCUT2D eigenvalue weighted by Crippen LogP contribution is 2.27. The van der Waals surface area contributed by atoms with Crippen LogP contribution in [0.4, 0.5) is 21.5 Å². The zero-order valence-electron chi connectivity index (χ0n) is 13.5. The lowest BCUT2D eigenvalue weighted by molar-refractivity contribution is 0.103. The molecule has 0 radical (unpaired) electrons. The van der Waals surface area contributed by atoms with Gasteiger partial charge in [0, 0.05) is 15.7 Å². The molecule has 0 amide bonds. The minimum atomic E-state index is -0.575. The van der Waals surface area contributed by atoms with Gasteiger partial charge in [0.25, 0.3) is 0 Å².